The van der Waals surface area contributed by atoms with Crippen LogP contribution in [0.3, 0.4) is 0 Å². The van der Waals surface area contributed by atoms with Crippen molar-refractivity contribution >= 4 is 11.7 Å². The van der Waals surface area contributed by atoms with Gasteiger partial charge in [-0.05, 0) is 37.1 Å². The van der Waals surface area contributed by atoms with E-state index in [1.165, 1.54) is 11.2 Å². The van der Waals surface area contributed by atoms with Crippen molar-refractivity contribution in [2.45, 2.75) is 26.8 Å². The number of carbonyl (C=O) groups excluding carboxylic acids is 1. The van der Waals surface area contributed by atoms with Gasteiger partial charge in [-0.25, -0.2) is 9.78 Å². The molecular formula is C15H21N5O2. The van der Waals surface area contributed by atoms with E-state index in [1.807, 2.05) is 25.1 Å². The highest BCUT2D eigenvalue weighted by Crippen LogP contribution is 2.21. The van der Waals surface area contributed by atoms with E-state index >= 15 is 0 Å². The number of urea groups is 1. The molecule has 0 fully saturated rings. The first kappa shape index (κ1) is 15.8. The minimum absolute atomic E-state index is 0.207. The molecule has 0 aliphatic rings. The molecule has 0 aliphatic carbocycles. The number of nitrogens with one attached hydrogen (secondary N) is 2. The third-order valence-corrected chi connectivity index (χ3v) is 3.11. The molecule has 0 atom stereocenters. The number of carbonyl (C=O) groups is 1. The Morgan fingerprint density at radius 1 is 1.45 bits per heavy atom. The molecule has 0 unspecified atom stereocenters. The van der Waals surface area contributed by atoms with Gasteiger partial charge in [0, 0.05) is 12.7 Å². The summed E-state index contributed by atoms with van der Waals surface area (Å²) in [6.45, 7) is 5.05. The summed E-state index contributed by atoms with van der Waals surface area (Å²) in [4.78, 5) is 17.7. The SMILES string of the molecule is CCCOc1ccc(NC(=O)N(C)Cc2ncn[nH]2)c(C)c1. The van der Waals surface area contributed by atoms with Crippen LogP contribution in [0.25, 0.3) is 0 Å². The van der Waals surface area contributed by atoms with Crippen LogP contribution in [0.4, 0.5) is 10.5 Å². The maximum absolute atomic E-state index is 12.2. The Bertz CT molecular complexity index is 612. The van der Waals surface area contributed by atoms with E-state index in [2.05, 4.69) is 27.4 Å². The third kappa shape index (κ3) is 4.21. The third-order valence-electron chi connectivity index (χ3n) is 3.11. The molecule has 22 heavy (non-hydrogen) atoms. The number of hydrogen-bond donors (Lipinski definition) is 2. The van der Waals surface area contributed by atoms with Gasteiger partial charge < -0.3 is 15.0 Å². The molecule has 0 radical (unpaired) electrons. The van der Waals surface area contributed by atoms with E-state index < -0.39 is 0 Å². The molecule has 2 N–H and O–H groups in total. The van der Waals surface area contributed by atoms with Gasteiger partial charge in [-0.3, -0.25) is 5.10 Å². The number of anilines is 1. The van der Waals surface area contributed by atoms with Crippen LogP contribution in [0.1, 0.15) is 24.7 Å². The summed E-state index contributed by atoms with van der Waals surface area (Å²) in [5.41, 5.74) is 1.72. The lowest BCUT2D eigenvalue weighted by atomic mass is 10.2. The molecule has 118 valence electrons. The molecule has 2 aromatic rings. The van der Waals surface area contributed by atoms with Gasteiger partial charge in [0.1, 0.15) is 17.9 Å². The molecule has 0 aliphatic heterocycles. The topological polar surface area (TPSA) is 83.1 Å². The predicted molar refractivity (Wildman–Crippen MR) is 83.8 cm³/mol. The largest absolute Gasteiger partial charge is 0.494 e. The van der Waals surface area contributed by atoms with Crippen molar-refractivity contribution in [1.29, 1.82) is 0 Å². The second kappa shape index (κ2) is 7.44. The number of rotatable bonds is 6. The van der Waals surface area contributed by atoms with Crippen LogP contribution < -0.4 is 10.1 Å². The minimum Gasteiger partial charge on any atom is -0.494 e. The van der Waals surface area contributed by atoms with Gasteiger partial charge in [-0.1, -0.05) is 6.92 Å². The lowest BCUT2D eigenvalue weighted by molar-refractivity contribution is 0.219. The molecule has 0 bridgehead atoms. The normalized spacial score (nSPS) is 10.3. The lowest BCUT2D eigenvalue weighted by Crippen LogP contribution is -2.31. The Hall–Kier alpha value is -2.57. The van der Waals surface area contributed by atoms with Gasteiger partial charge in [0.15, 0.2) is 0 Å². The second-order valence-electron chi connectivity index (χ2n) is 5.04. The molecule has 1 aromatic carbocycles. The van der Waals surface area contributed by atoms with Crippen molar-refractivity contribution in [1.82, 2.24) is 20.1 Å². The average Bonchev–Trinajstić information content (AvgIpc) is 3.00. The molecule has 0 spiro atoms. The first-order chi connectivity index (χ1) is 10.6. The summed E-state index contributed by atoms with van der Waals surface area (Å²) in [7, 11) is 1.70. The first-order valence-electron chi connectivity index (χ1n) is 7.20. The van der Waals surface area contributed by atoms with Crippen LogP contribution in [0.5, 0.6) is 5.75 Å². The zero-order valence-corrected chi connectivity index (χ0v) is 13.1. The van der Waals surface area contributed by atoms with E-state index in [0.29, 0.717) is 19.0 Å². The number of benzene rings is 1. The number of aromatic amines is 1. The maximum Gasteiger partial charge on any atom is 0.321 e. The fraction of sp³-hybridized carbons (Fsp3) is 0.400. The molecule has 2 amide bonds. The molecule has 7 heteroatoms. The summed E-state index contributed by atoms with van der Waals surface area (Å²) in [6, 6.07) is 5.42. The maximum atomic E-state index is 12.2. The van der Waals surface area contributed by atoms with Crippen LogP contribution in [-0.4, -0.2) is 39.8 Å². The van der Waals surface area contributed by atoms with Gasteiger partial charge >= 0.3 is 6.03 Å². The number of H-pyrrole nitrogens is 1. The summed E-state index contributed by atoms with van der Waals surface area (Å²) in [5, 5.41) is 9.36. The number of nitrogens with zero attached hydrogens (tertiary/aromatic N) is 3. The number of aromatic nitrogens is 3. The van der Waals surface area contributed by atoms with Gasteiger partial charge in [-0.2, -0.15) is 5.10 Å². The highest BCUT2D eigenvalue weighted by Gasteiger charge is 2.12. The Morgan fingerprint density at radius 2 is 2.27 bits per heavy atom. The molecular weight excluding hydrogens is 282 g/mol. The Balaban J connectivity index is 1.95. The zero-order valence-electron chi connectivity index (χ0n) is 13.1. The summed E-state index contributed by atoms with van der Waals surface area (Å²) >= 11 is 0. The highest BCUT2D eigenvalue weighted by atomic mass is 16.5. The van der Waals surface area contributed by atoms with Gasteiger partial charge in [-0.15, -0.1) is 0 Å². The van der Waals surface area contributed by atoms with Crippen LogP contribution >= 0.6 is 0 Å². The standard InChI is InChI=1S/C15H21N5O2/c1-4-7-22-12-5-6-13(11(2)8-12)18-15(21)20(3)9-14-16-10-17-19-14/h5-6,8,10H,4,7,9H2,1-3H3,(H,18,21)(H,16,17,19). The van der Waals surface area contributed by atoms with E-state index in [1.54, 1.807) is 7.05 Å². The van der Waals surface area contributed by atoms with Gasteiger partial charge in [0.2, 0.25) is 0 Å². The number of aryl methyl sites for hydroxylation is 1. The monoisotopic (exact) mass is 303 g/mol. The Morgan fingerprint density at radius 3 is 2.91 bits per heavy atom. The van der Waals surface area contributed by atoms with E-state index in [-0.39, 0.29) is 6.03 Å². The Labute approximate surface area is 129 Å². The Kier molecular flexibility index (Phi) is 5.35. The van der Waals surface area contributed by atoms with Crippen LogP contribution in [0, 0.1) is 6.92 Å². The molecule has 0 saturated carbocycles. The number of ether oxygens (including phenoxy) is 1. The summed E-state index contributed by atoms with van der Waals surface area (Å²) in [6.07, 6.45) is 2.38. The van der Waals surface area contributed by atoms with Crippen molar-refractivity contribution < 1.29 is 9.53 Å². The van der Waals surface area contributed by atoms with Crippen LogP contribution in [0.2, 0.25) is 0 Å². The second-order valence-corrected chi connectivity index (χ2v) is 5.04. The highest BCUT2D eigenvalue weighted by molar-refractivity contribution is 5.90. The van der Waals surface area contributed by atoms with Crippen molar-refractivity contribution in [2.75, 3.05) is 19.0 Å². The average molecular weight is 303 g/mol. The molecule has 1 heterocycles. The van der Waals surface area contributed by atoms with Crippen molar-refractivity contribution in [3.8, 4) is 5.75 Å². The molecule has 1 aromatic heterocycles. The lowest BCUT2D eigenvalue weighted by Gasteiger charge is -2.18. The van der Waals surface area contributed by atoms with Crippen molar-refractivity contribution in [2.24, 2.45) is 0 Å². The molecule has 7 nitrogen and oxygen atoms in total. The van der Waals surface area contributed by atoms with Gasteiger partial charge in [0.05, 0.1) is 13.2 Å². The van der Waals surface area contributed by atoms with E-state index in [9.17, 15) is 4.79 Å². The van der Waals surface area contributed by atoms with Crippen LogP contribution in [0.15, 0.2) is 24.5 Å². The van der Waals surface area contributed by atoms with Gasteiger partial charge in [0.25, 0.3) is 0 Å². The quantitative estimate of drug-likeness (QED) is 0.859. The van der Waals surface area contributed by atoms with Crippen molar-refractivity contribution in [3.05, 3.63) is 35.9 Å². The number of amides is 2. The first-order valence-corrected chi connectivity index (χ1v) is 7.20. The van der Waals surface area contributed by atoms with Crippen molar-refractivity contribution in [3.63, 3.8) is 0 Å². The smallest absolute Gasteiger partial charge is 0.321 e. The fourth-order valence-corrected chi connectivity index (χ4v) is 1.90. The molecule has 0 saturated heterocycles. The number of hydrogen-bond acceptors (Lipinski definition) is 4. The van der Waals surface area contributed by atoms with E-state index in [4.69, 9.17) is 4.74 Å². The minimum atomic E-state index is -0.207. The van der Waals surface area contributed by atoms with E-state index in [0.717, 1.165) is 23.4 Å². The fourth-order valence-electron chi connectivity index (χ4n) is 1.90. The zero-order chi connectivity index (χ0) is 15.9. The predicted octanol–water partition coefficient (Wildman–Crippen LogP) is 2.57. The van der Waals surface area contributed by atoms with Crippen LogP contribution in [-0.2, 0) is 6.54 Å². The summed E-state index contributed by atoms with van der Waals surface area (Å²) in [5.74, 6) is 1.45. The molecule has 2 rings (SSSR count). The summed E-state index contributed by atoms with van der Waals surface area (Å²) < 4.78 is 5.57.